The first-order valence-electron chi connectivity index (χ1n) is 4.46. The van der Waals surface area contributed by atoms with Gasteiger partial charge in [-0.2, -0.15) is 0 Å². The number of hydrogen-bond donors (Lipinski definition) is 2. The lowest BCUT2D eigenvalue weighted by Gasteiger charge is -2.20. The minimum atomic E-state index is -0.350. The van der Waals surface area contributed by atoms with Crippen LogP contribution in [0.3, 0.4) is 0 Å². The molecule has 0 aliphatic rings. The van der Waals surface area contributed by atoms with Gasteiger partial charge in [0.25, 0.3) is 0 Å². The molecule has 1 atom stereocenters. The van der Waals surface area contributed by atoms with Gasteiger partial charge in [0.1, 0.15) is 0 Å². The standard InChI is InChI=1S/C9H18N2OS/c1-5(2)7(8(10)13)9(12)11-6(3)4/h5-7H,1-4H3,(H2,10,13)(H,11,12). The predicted octanol–water partition coefficient (Wildman–Crippen LogP) is 1.07. The minimum Gasteiger partial charge on any atom is -0.393 e. The summed E-state index contributed by atoms with van der Waals surface area (Å²) in [6.07, 6.45) is 0. The predicted molar refractivity (Wildman–Crippen MR) is 58.4 cm³/mol. The molecular formula is C9H18N2OS. The van der Waals surface area contributed by atoms with Crippen molar-refractivity contribution >= 4 is 23.1 Å². The van der Waals surface area contributed by atoms with Gasteiger partial charge < -0.3 is 11.1 Å². The highest BCUT2D eigenvalue weighted by atomic mass is 32.1. The Morgan fingerprint density at radius 2 is 1.77 bits per heavy atom. The van der Waals surface area contributed by atoms with Gasteiger partial charge in [0.15, 0.2) is 0 Å². The van der Waals surface area contributed by atoms with E-state index in [4.69, 9.17) is 18.0 Å². The van der Waals surface area contributed by atoms with Crippen LogP contribution in [0.5, 0.6) is 0 Å². The maximum Gasteiger partial charge on any atom is 0.230 e. The molecule has 0 aromatic carbocycles. The van der Waals surface area contributed by atoms with Crippen LogP contribution >= 0.6 is 12.2 Å². The fourth-order valence-corrected chi connectivity index (χ4v) is 1.51. The van der Waals surface area contributed by atoms with Crippen LogP contribution < -0.4 is 11.1 Å². The Bertz CT molecular complexity index is 202. The summed E-state index contributed by atoms with van der Waals surface area (Å²) in [6.45, 7) is 7.69. The Morgan fingerprint density at radius 1 is 1.31 bits per heavy atom. The van der Waals surface area contributed by atoms with Crippen LogP contribution in [-0.4, -0.2) is 16.9 Å². The van der Waals surface area contributed by atoms with E-state index in [1.54, 1.807) is 0 Å². The first-order chi connectivity index (χ1) is 5.86. The van der Waals surface area contributed by atoms with Crippen LogP contribution in [0.4, 0.5) is 0 Å². The second kappa shape index (κ2) is 5.17. The molecule has 1 unspecified atom stereocenters. The van der Waals surface area contributed by atoms with Crippen molar-refractivity contribution < 1.29 is 4.79 Å². The summed E-state index contributed by atoms with van der Waals surface area (Å²) < 4.78 is 0. The summed E-state index contributed by atoms with van der Waals surface area (Å²) in [5, 5.41) is 2.80. The van der Waals surface area contributed by atoms with Gasteiger partial charge in [-0.1, -0.05) is 26.1 Å². The third-order valence-electron chi connectivity index (χ3n) is 1.69. The monoisotopic (exact) mass is 202 g/mol. The summed E-state index contributed by atoms with van der Waals surface area (Å²) in [5.41, 5.74) is 5.48. The van der Waals surface area contributed by atoms with Gasteiger partial charge in [-0.15, -0.1) is 0 Å². The van der Waals surface area contributed by atoms with E-state index in [-0.39, 0.29) is 28.8 Å². The van der Waals surface area contributed by atoms with Crippen molar-refractivity contribution in [3.8, 4) is 0 Å². The Kier molecular flexibility index (Phi) is 4.91. The van der Waals surface area contributed by atoms with Crippen LogP contribution in [-0.2, 0) is 4.79 Å². The number of amides is 1. The van der Waals surface area contributed by atoms with E-state index < -0.39 is 0 Å². The lowest BCUT2D eigenvalue weighted by Crippen LogP contribution is -2.43. The van der Waals surface area contributed by atoms with Crippen molar-refractivity contribution in [2.45, 2.75) is 33.7 Å². The summed E-state index contributed by atoms with van der Waals surface area (Å²) in [5.74, 6) is -0.272. The summed E-state index contributed by atoms with van der Waals surface area (Å²) in [6, 6.07) is 0.128. The smallest absolute Gasteiger partial charge is 0.230 e. The number of carbonyl (C=O) groups excluding carboxylic acids is 1. The fraction of sp³-hybridized carbons (Fsp3) is 0.778. The van der Waals surface area contributed by atoms with Gasteiger partial charge in [0.05, 0.1) is 10.9 Å². The summed E-state index contributed by atoms with van der Waals surface area (Å²) in [7, 11) is 0. The Labute approximate surface area is 85.1 Å². The van der Waals surface area contributed by atoms with Crippen molar-refractivity contribution in [3.63, 3.8) is 0 Å². The van der Waals surface area contributed by atoms with E-state index in [9.17, 15) is 4.79 Å². The lowest BCUT2D eigenvalue weighted by atomic mass is 9.95. The molecule has 0 spiro atoms. The number of hydrogen-bond acceptors (Lipinski definition) is 2. The molecule has 4 heteroatoms. The van der Waals surface area contributed by atoms with E-state index in [2.05, 4.69) is 5.32 Å². The molecular weight excluding hydrogens is 184 g/mol. The molecule has 0 saturated carbocycles. The SMILES string of the molecule is CC(C)NC(=O)C(C(N)=S)C(C)C. The number of nitrogens with one attached hydrogen (secondary N) is 1. The Hall–Kier alpha value is -0.640. The average Bonchev–Trinajstić information content (AvgIpc) is 1.81. The van der Waals surface area contributed by atoms with E-state index >= 15 is 0 Å². The van der Waals surface area contributed by atoms with Gasteiger partial charge >= 0.3 is 0 Å². The zero-order valence-electron chi connectivity index (χ0n) is 8.63. The first kappa shape index (κ1) is 12.4. The molecule has 0 radical (unpaired) electrons. The first-order valence-corrected chi connectivity index (χ1v) is 4.86. The minimum absolute atomic E-state index is 0.0718. The van der Waals surface area contributed by atoms with E-state index in [1.165, 1.54) is 0 Å². The molecule has 0 aliphatic carbocycles. The maximum atomic E-state index is 11.6. The average molecular weight is 202 g/mol. The number of rotatable bonds is 4. The number of carbonyl (C=O) groups is 1. The Morgan fingerprint density at radius 3 is 2.00 bits per heavy atom. The van der Waals surface area contributed by atoms with Crippen molar-refractivity contribution in [3.05, 3.63) is 0 Å². The molecule has 0 rings (SSSR count). The van der Waals surface area contributed by atoms with Crippen LogP contribution in [0.2, 0.25) is 0 Å². The second-order valence-corrected chi connectivity index (χ2v) is 4.26. The molecule has 0 aromatic rings. The normalized spacial score (nSPS) is 13.1. The highest BCUT2D eigenvalue weighted by molar-refractivity contribution is 7.80. The van der Waals surface area contributed by atoms with Crippen LogP contribution in [0.15, 0.2) is 0 Å². The molecule has 0 heterocycles. The molecule has 0 fully saturated rings. The third-order valence-corrected chi connectivity index (χ3v) is 1.94. The fourth-order valence-electron chi connectivity index (χ4n) is 1.13. The van der Waals surface area contributed by atoms with Gasteiger partial charge in [-0.3, -0.25) is 4.79 Å². The molecule has 13 heavy (non-hydrogen) atoms. The second-order valence-electron chi connectivity index (χ2n) is 3.79. The highest BCUT2D eigenvalue weighted by Crippen LogP contribution is 2.11. The maximum absolute atomic E-state index is 11.6. The van der Waals surface area contributed by atoms with Gasteiger partial charge in [-0.05, 0) is 19.8 Å². The summed E-state index contributed by atoms with van der Waals surface area (Å²) in [4.78, 5) is 11.8. The lowest BCUT2D eigenvalue weighted by molar-refractivity contribution is -0.124. The van der Waals surface area contributed by atoms with E-state index in [0.29, 0.717) is 0 Å². The van der Waals surface area contributed by atoms with Crippen LogP contribution in [0, 0.1) is 11.8 Å². The molecule has 0 bridgehead atoms. The number of nitrogens with two attached hydrogens (primary N) is 1. The van der Waals surface area contributed by atoms with Crippen molar-refractivity contribution in [1.29, 1.82) is 0 Å². The van der Waals surface area contributed by atoms with Gasteiger partial charge in [0, 0.05) is 6.04 Å². The topological polar surface area (TPSA) is 55.1 Å². The van der Waals surface area contributed by atoms with Gasteiger partial charge in [0.2, 0.25) is 5.91 Å². The zero-order valence-corrected chi connectivity index (χ0v) is 9.44. The Balaban J connectivity index is 4.38. The molecule has 76 valence electrons. The molecule has 0 aromatic heterocycles. The van der Waals surface area contributed by atoms with Crippen LogP contribution in [0.25, 0.3) is 0 Å². The van der Waals surface area contributed by atoms with E-state index in [0.717, 1.165) is 0 Å². The number of thiocarbonyl (C=S) groups is 1. The van der Waals surface area contributed by atoms with Crippen molar-refractivity contribution in [2.75, 3.05) is 0 Å². The third kappa shape index (κ3) is 4.22. The van der Waals surface area contributed by atoms with Gasteiger partial charge in [-0.25, -0.2) is 0 Å². The largest absolute Gasteiger partial charge is 0.393 e. The molecule has 0 saturated heterocycles. The quantitative estimate of drug-likeness (QED) is 0.670. The molecule has 3 nitrogen and oxygen atoms in total. The summed E-state index contributed by atoms with van der Waals surface area (Å²) >= 11 is 4.84. The van der Waals surface area contributed by atoms with E-state index in [1.807, 2.05) is 27.7 Å². The zero-order chi connectivity index (χ0) is 10.6. The molecule has 1 amide bonds. The van der Waals surface area contributed by atoms with Crippen LogP contribution in [0.1, 0.15) is 27.7 Å². The van der Waals surface area contributed by atoms with Crippen molar-refractivity contribution in [1.82, 2.24) is 5.32 Å². The molecule has 3 N–H and O–H groups in total. The molecule has 0 aliphatic heterocycles. The van der Waals surface area contributed by atoms with Crippen molar-refractivity contribution in [2.24, 2.45) is 17.6 Å². The highest BCUT2D eigenvalue weighted by Gasteiger charge is 2.24.